The molecule has 2 aromatic rings. The lowest BCUT2D eigenvalue weighted by Crippen LogP contribution is -2.59. The molecule has 0 unspecified atom stereocenters. The number of nitrogens with one attached hydrogen (secondary N) is 1. The van der Waals surface area contributed by atoms with Gasteiger partial charge in [-0.2, -0.15) is 8.78 Å². The van der Waals surface area contributed by atoms with E-state index >= 15 is 8.78 Å². The second-order valence-corrected chi connectivity index (χ2v) is 13.3. The number of fused-ring (bicyclic) bond motifs is 5. The lowest BCUT2D eigenvalue weighted by molar-refractivity contribution is -0.142. The second kappa shape index (κ2) is 12.9. The van der Waals surface area contributed by atoms with Gasteiger partial charge < -0.3 is 34.0 Å². The van der Waals surface area contributed by atoms with E-state index in [1.54, 1.807) is 18.2 Å². The SMILES string of the molecule is CC[C@@H]1[C@@H]2CN(C(=O)[C@H](C3(C)CCOCC3)NC(=O)O[C@@H]3C[C@H]3CCCCC(F)(F)c3nc4ccc(OC)cc4nc3O2)[C@@H]1C=O. The zero-order chi connectivity index (χ0) is 32.6. The molecule has 1 aromatic carbocycles. The number of aldehydes is 1. The first-order chi connectivity index (χ1) is 22.1. The van der Waals surface area contributed by atoms with E-state index in [4.69, 9.17) is 18.9 Å². The zero-order valence-electron chi connectivity index (χ0n) is 26.5. The number of aromatic nitrogens is 2. The van der Waals surface area contributed by atoms with Crippen molar-refractivity contribution in [2.24, 2.45) is 17.3 Å². The summed E-state index contributed by atoms with van der Waals surface area (Å²) >= 11 is 0. The van der Waals surface area contributed by atoms with Crippen LogP contribution >= 0.6 is 0 Å². The molecule has 1 saturated carbocycles. The molecule has 13 heteroatoms. The zero-order valence-corrected chi connectivity index (χ0v) is 26.5. The number of benzene rings is 1. The van der Waals surface area contributed by atoms with Crippen molar-refractivity contribution in [1.82, 2.24) is 20.2 Å². The van der Waals surface area contributed by atoms with E-state index in [0.717, 1.165) is 0 Å². The average molecular weight is 645 g/mol. The molecule has 1 N–H and O–H groups in total. The van der Waals surface area contributed by atoms with Crippen molar-refractivity contribution >= 4 is 29.3 Å². The van der Waals surface area contributed by atoms with Crippen LogP contribution in [0.4, 0.5) is 13.6 Å². The molecular weight excluding hydrogens is 602 g/mol. The molecular formula is C33H42F2N4O7. The number of methoxy groups -OCH3 is 1. The van der Waals surface area contributed by atoms with Crippen LogP contribution in [0, 0.1) is 17.3 Å². The molecule has 1 aromatic heterocycles. The lowest BCUT2D eigenvalue weighted by atomic mass is 9.75. The van der Waals surface area contributed by atoms with Crippen LogP contribution in [0.25, 0.3) is 11.0 Å². The van der Waals surface area contributed by atoms with Gasteiger partial charge in [-0.15, -0.1) is 0 Å². The maximum atomic E-state index is 16.0. The Balaban J connectivity index is 1.40. The fourth-order valence-corrected chi connectivity index (χ4v) is 7.21. The van der Waals surface area contributed by atoms with Gasteiger partial charge in [-0.25, -0.2) is 14.8 Å². The van der Waals surface area contributed by atoms with Crippen LogP contribution in [0.2, 0.25) is 0 Å². The van der Waals surface area contributed by atoms with Gasteiger partial charge in [0.2, 0.25) is 11.8 Å². The molecule has 2 bridgehead atoms. The van der Waals surface area contributed by atoms with Crippen molar-refractivity contribution in [3.63, 3.8) is 0 Å². The minimum absolute atomic E-state index is 0.0614. The Morgan fingerprint density at radius 1 is 1.09 bits per heavy atom. The highest BCUT2D eigenvalue weighted by Gasteiger charge is 2.52. The highest BCUT2D eigenvalue weighted by Crippen LogP contribution is 2.43. The van der Waals surface area contributed by atoms with Crippen molar-refractivity contribution in [3.8, 4) is 11.6 Å². The molecule has 46 heavy (non-hydrogen) atoms. The number of ether oxygens (including phenoxy) is 4. The summed E-state index contributed by atoms with van der Waals surface area (Å²) in [6.07, 6.45) is 1.84. The molecule has 2 amide bonds. The van der Waals surface area contributed by atoms with E-state index in [-0.39, 0.29) is 36.4 Å². The van der Waals surface area contributed by atoms with Crippen molar-refractivity contribution in [2.75, 3.05) is 26.9 Å². The minimum atomic E-state index is -3.36. The Labute approximate surface area is 266 Å². The van der Waals surface area contributed by atoms with Crippen LogP contribution in [0.3, 0.4) is 0 Å². The molecule has 1 aliphatic carbocycles. The molecule has 0 radical (unpaired) electrons. The summed E-state index contributed by atoms with van der Waals surface area (Å²) in [5.41, 5.74) is -0.644. The number of alkyl carbamates (subject to hydrolysis) is 1. The maximum Gasteiger partial charge on any atom is 0.408 e. The summed E-state index contributed by atoms with van der Waals surface area (Å²) in [4.78, 5) is 50.4. The van der Waals surface area contributed by atoms with Crippen molar-refractivity contribution in [1.29, 1.82) is 0 Å². The van der Waals surface area contributed by atoms with E-state index < -0.39 is 59.6 Å². The fraction of sp³-hybridized carbons (Fsp3) is 0.667. The number of hydrogen-bond acceptors (Lipinski definition) is 9. The van der Waals surface area contributed by atoms with Crippen molar-refractivity contribution < 1.29 is 42.1 Å². The number of carbonyl (C=O) groups excluding carboxylic acids is 3. The molecule has 0 spiro atoms. The predicted molar refractivity (Wildman–Crippen MR) is 162 cm³/mol. The smallest absolute Gasteiger partial charge is 0.408 e. The molecule has 11 nitrogen and oxygen atoms in total. The molecule has 6 atom stereocenters. The van der Waals surface area contributed by atoms with E-state index in [0.29, 0.717) is 69.3 Å². The number of rotatable bonds is 4. The van der Waals surface area contributed by atoms with Crippen LogP contribution in [0.15, 0.2) is 18.2 Å². The topological polar surface area (TPSA) is 129 Å². The molecule has 250 valence electrons. The molecule has 6 rings (SSSR count). The number of alkyl halides is 2. The number of halogens is 2. The Bertz CT molecular complexity index is 1470. The summed E-state index contributed by atoms with van der Waals surface area (Å²) in [6, 6.07) is 2.91. The van der Waals surface area contributed by atoms with Gasteiger partial charge in [-0.05, 0) is 56.6 Å². The Hall–Kier alpha value is -3.61. The third kappa shape index (κ3) is 6.34. The average Bonchev–Trinajstić information content (AvgIpc) is 3.68. The van der Waals surface area contributed by atoms with Crippen LogP contribution in [-0.2, 0) is 25.0 Å². The highest BCUT2D eigenvalue weighted by molar-refractivity contribution is 5.89. The third-order valence-electron chi connectivity index (χ3n) is 10.3. The first kappa shape index (κ1) is 32.3. The molecule has 2 saturated heterocycles. The van der Waals surface area contributed by atoms with Gasteiger partial charge in [-0.1, -0.05) is 20.3 Å². The van der Waals surface area contributed by atoms with Gasteiger partial charge in [0.05, 0.1) is 30.7 Å². The normalized spacial score (nSPS) is 31.3. The Morgan fingerprint density at radius 2 is 1.87 bits per heavy atom. The Kier molecular flexibility index (Phi) is 9.06. The first-order valence-corrected chi connectivity index (χ1v) is 16.3. The van der Waals surface area contributed by atoms with Crippen LogP contribution in [0.1, 0.15) is 70.9 Å². The lowest BCUT2D eigenvalue weighted by Gasteiger charge is -2.41. The predicted octanol–water partition coefficient (Wildman–Crippen LogP) is 4.79. The highest BCUT2D eigenvalue weighted by atomic mass is 19.3. The summed E-state index contributed by atoms with van der Waals surface area (Å²) in [5, 5.41) is 2.86. The summed E-state index contributed by atoms with van der Waals surface area (Å²) in [5.74, 6) is -4.10. The first-order valence-electron chi connectivity index (χ1n) is 16.3. The number of amides is 2. The van der Waals surface area contributed by atoms with E-state index in [1.807, 2.05) is 13.8 Å². The van der Waals surface area contributed by atoms with Crippen LogP contribution in [0.5, 0.6) is 11.6 Å². The van der Waals surface area contributed by atoms with Crippen molar-refractivity contribution in [2.45, 2.75) is 95.4 Å². The minimum Gasteiger partial charge on any atom is -0.497 e. The quantitative estimate of drug-likeness (QED) is 0.467. The van der Waals surface area contributed by atoms with E-state index in [9.17, 15) is 14.4 Å². The van der Waals surface area contributed by atoms with Gasteiger partial charge in [0, 0.05) is 37.0 Å². The van der Waals surface area contributed by atoms with E-state index in [1.165, 1.54) is 12.0 Å². The van der Waals surface area contributed by atoms with Gasteiger partial charge in [-0.3, -0.25) is 4.79 Å². The van der Waals surface area contributed by atoms with Gasteiger partial charge >= 0.3 is 6.09 Å². The molecule has 4 aliphatic rings. The van der Waals surface area contributed by atoms with E-state index in [2.05, 4.69) is 15.3 Å². The number of carbonyl (C=O) groups is 3. The van der Waals surface area contributed by atoms with Crippen LogP contribution < -0.4 is 14.8 Å². The maximum absolute atomic E-state index is 16.0. The van der Waals surface area contributed by atoms with Gasteiger partial charge in [0.15, 0.2) is 5.69 Å². The van der Waals surface area contributed by atoms with Crippen LogP contribution in [-0.4, -0.2) is 84.3 Å². The fourth-order valence-electron chi connectivity index (χ4n) is 7.21. The van der Waals surface area contributed by atoms with Crippen molar-refractivity contribution in [3.05, 3.63) is 23.9 Å². The molecule has 3 aliphatic heterocycles. The largest absolute Gasteiger partial charge is 0.497 e. The molecule has 4 heterocycles. The monoisotopic (exact) mass is 644 g/mol. The Morgan fingerprint density at radius 3 is 2.59 bits per heavy atom. The number of hydrogen-bond donors (Lipinski definition) is 1. The summed E-state index contributed by atoms with van der Waals surface area (Å²) in [7, 11) is 1.50. The number of nitrogens with zero attached hydrogens (tertiary/aromatic N) is 3. The standard InChI is InChI=1S/C33H42F2N4O7/c1-4-21-24(18-40)39-17-26(21)45-29-27(36-22-9-8-20(43-3)16-23(22)37-29)33(34,35)10-6-5-7-19-15-25(19)46-31(42)38-28(30(39)41)32(2)11-13-44-14-12-32/h8-9,16,18-19,21,24-26,28H,4-7,10-15,17H2,1-3H3,(H,38,42)/t19-,21+,24-,25-,26+,28-/m1/s1. The third-order valence-corrected chi connectivity index (χ3v) is 10.3. The second-order valence-electron chi connectivity index (χ2n) is 13.3. The molecule has 3 fully saturated rings. The van der Waals surface area contributed by atoms with Gasteiger partial charge in [0.1, 0.15) is 30.3 Å². The summed E-state index contributed by atoms with van der Waals surface area (Å²) in [6.45, 7) is 4.56. The van der Waals surface area contributed by atoms with Gasteiger partial charge in [0.25, 0.3) is 5.92 Å². The summed E-state index contributed by atoms with van der Waals surface area (Å²) < 4.78 is 54.8.